The van der Waals surface area contributed by atoms with E-state index >= 15 is 0 Å². The van der Waals surface area contributed by atoms with Gasteiger partial charge in [0.05, 0.1) is 0 Å². The normalized spacial score (nSPS) is 25.4. The van der Waals surface area contributed by atoms with Crippen LogP contribution in [0.25, 0.3) is 0 Å². The Labute approximate surface area is 84.3 Å². The van der Waals surface area contributed by atoms with E-state index in [4.69, 9.17) is 10.8 Å². The quantitative estimate of drug-likeness (QED) is 0.559. The molecule has 4 nitrogen and oxygen atoms in total. The third kappa shape index (κ3) is 4.45. The van der Waals surface area contributed by atoms with E-state index in [1.807, 2.05) is 0 Å². The Kier molecular flexibility index (Phi) is 6.03. The zero-order chi connectivity index (χ0) is 8.97. The highest BCUT2D eigenvalue weighted by molar-refractivity contribution is 5.85. The predicted molar refractivity (Wildman–Crippen MR) is 52.4 cm³/mol. The van der Waals surface area contributed by atoms with Gasteiger partial charge in [0.1, 0.15) is 6.23 Å². The Hall–Kier alpha value is -0.320. The molecule has 0 aromatic rings. The van der Waals surface area contributed by atoms with Gasteiger partial charge in [0.25, 0.3) is 0 Å². The molecule has 0 radical (unpaired) electrons. The van der Waals surface area contributed by atoms with Crippen molar-refractivity contribution in [2.24, 2.45) is 11.7 Å². The molecule has 4 N–H and O–H groups in total. The van der Waals surface area contributed by atoms with E-state index in [2.05, 4.69) is 5.32 Å². The van der Waals surface area contributed by atoms with Gasteiger partial charge in [0, 0.05) is 12.5 Å². The van der Waals surface area contributed by atoms with Gasteiger partial charge in [-0.1, -0.05) is 6.42 Å². The number of nitrogens with two attached hydrogens (primary N) is 1. The van der Waals surface area contributed by atoms with Crippen molar-refractivity contribution >= 4 is 18.3 Å². The zero-order valence-corrected chi connectivity index (χ0v) is 8.35. The molecule has 1 unspecified atom stereocenters. The second kappa shape index (κ2) is 6.18. The van der Waals surface area contributed by atoms with Crippen molar-refractivity contribution in [3.8, 4) is 0 Å². The zero-order valence-electron chi connectivity index (χ0n) is 7.53. The average molecular weight is 209 g/mol. The standard InChI is InChI=1S/C8H16N2O2.ClH/c9-7(11)5-6-3-1-2-4-10-8(6)12;/h6-7,11H,1-5,9H2,(H,10,12);1H/t6-,7?;/m0./s1. The Balaban J connectivity index is 0.00000144. The molecule has 0 bridgehead atoms. The largest absolute Gasteiger partial charge is 0.379 e. The van der Waals surface area contributed by atoms with Crippen LogP contribution < -0.4 is 11.1 Å². The van der Waals surface area contributed by atoms with E-state index in [1.165, 1.54) is 0 Å². The van der Waals surface area contributed by atoms with E-state index in [0.29, 0.717) is 6.42 Å². The van der Waals surface area contributed by atoms with E-state index in [9.17, 15) is 4.79 Å². The van der Waals surface area contributed by atoms with E-state index in [1.54, 1.807) is 0 Å². The molecule has 1 aliphatic rings. The maximum absolute atomic E-state index is 11.3. The van der Waals surface area contributed by atoms with Crippen LogP contribution in [0, 0.1) is 5.92 Å². The second-order valence-corrected chi connectivity index (χ2v) is 3.29. The minimum atomic E-state index is -0.862. The monoisotopic (exact) mass is 208 g/mol. The van der Waals surface area contributed by atoms with Gasteiger partial charge < -0.3 is 16.2 Å². The number of hydrogen-bond donors (Lipinski definition) is 3. The first-order valence-corrected chi connectivity index (χ1v) is 4.41. The fourth-order valence-electron chi connectivity index (χ4n) is 1.52. The van der Waals surface area contributed by atoms with Crippen LogP contribution in [0.4, 0.5) is 0 Å². The van der Waals surface area contributed by atoms with Crippen molar-refractivity contribution in [1.29, 1.82) is 0 Å². The first-order valence-electron chi connectivity index (χ1n) is 4.41. The molecule has 0 aliphatic carbocycles. The minimum absolute atomic E-state index is 0. The number of nitrogens with one attached hydrogen (secondary N) is 1. The van der Waals surface area contributed by atoms with Gasteiger partial charge in [-0.2, -0.15) is 0 Å². The molecule has 0 spiro atoms. The highest BCUT2D eigenvalue weighted by Gasteiger charge is 2.21. The van der Waals surface area contributed by atoms with Crippen molar-refractivity contribution in [3.63, 3.8) is 0 Å². The van der Waals surface area contributed by atoms with Gasteiger partial charge >= 0.3 is 0 Å². The molecular weight excluding hydrogens is 192 g/mol. The molecule has 0 aromatic carbocycles. The smallest absolute Gasteiger partial charge is 0.223 e. The molecule has 0 aromatic heterocycles. The van der Waals surface area contributed by atoms with Crippen LogP contribution >= 0.6 is 12.4 Å². The molecule has 1 heterocycles. The van der Waals surface area contributed by atoms with Gasteiger partial charge in [-0.3, -0.25) is 4.79 Å². The molecule has 13 heavy (non-hydrogen) atoms. The number of hydrogen-bond acceptors (Lipinski definition) is 3. The summed E-state index contributed by atoms with van der Waals surface area (Å²) in [7, 11) is 0. The third-order valence-electron chi connectivity index (χ3n) is 2.18. The van der Waals surface area contributed by atoms with Crippen molar-refractivity contribution in [2.75, 3.05) is 6.54 Å². The molecule has 1 amide bonds. The minimum Gasteiger partial charge on any atom is -0.379 e. The molecule has 2 atom stereocenters. The molecular formula is C8H17ClN2O2. The first-order chi connectivity index (χ1) is 5.70. The summed E-state index contributed by atoms with van der Waals surface area (Å²) in [5.41, 5.74) is 5.21. The Morgan fingerprint density at radius 2 is 2.31 bits per heavy atom. The molecule has 1 fully saturated rings. The average Bonchev–Trinajstić information content (AvgIpc) is 2.16. The number of halogens is 1. The van der Waals surface area contributed by atoms with Crippen molar-refractivity contribution in [1.82, 2.24) is 5.32 Å². The fraction of sp³-hybridized carbons (Fsp3) is 0.875. The van der Waals surface area contributed by atoms with Gasteiger partial charge in [-0.15, -0.1) is 12.4 Å². The summed E-state index contributed by atoms with van der Waals surface area (Å²) in [6.45, 7) is 0.760. The summed E-state index contributed by atoms with van der Waals surface area (Å²) in [5, 5.41) is 11.7. The summed E-state index contributed by atoms with van der Waals surface area (Å²) in [4.78, 5) is 11.3. The molecule has 78 valence electrons. The van der Waals surface area contributed by atoms with Crippen LogP contribution in [0.3, 0.4) is 0 Å². The van der Waals surface area contributed by atoms with Crippen molar-refractivity contribution in [2.45, 2.75) is 31.9 Å². The van der Waals surface area contributed by atoms with Gasteiger partial charge in [0.15, 0.2) is 0 Å². The van der Waals surface area contributed by atoms with Crippen molar-refractivity contribution < 1.29 is 9.90 Å². The van der Waals surface area contributed by atoms with Gasteiger partial charge in [-0.05, 0) is 19.3 Å². The van der Waals surface area contributed by atoms with Crippen LogP contribution in [0.1, 0.15) is 25.7 Å². The summed E-state index contributed by atoms with van der Waals surface area (Å²) in [5.74, 6) is -0.0514. The lowest BCUT2D eigenvalue weighted by molar-refractivity contribution is -0.125. The SMILES string of the molecule is Cl.NC(O)C[C@@H]1CCCCNC1=O. The third-order valence-corrected chi connectivity index (χ3v) is 2.18. The first kappa shape index (κ1) is 12.7. The number of carbonyl (C=O) groups is 1. The Morgan fingerprint density at radius 1 is 1.62 bits per heavy atom. The summed E-state index contributed by atoms with van der Waals surface area (Å²) >= 11 is 0. The highest BCUT2D eigenvalue weighted by atomic mass is 35.5. The molecule has 0 saturated carbocycles. The Bertz CT molecular complexity index is 164. The van der Waals surface area contributed by atoms with Gasteiger partial charge in [0.2, 0.25) is 5.91 Å². The summed E-state index contributed by atoms with van der Waals surface area (Å²) in [6, 6.07) is 0. The predicted octanol–water partition coefficient (Wildman–Crippen LogP) is -0.00830. The number of rotatable bonds is 2. The highest BCUT2D eigenvalue weighted by Crippen LogP contribution is 2.16. The lowest BCUT2D eigenvalue weighted by atomic mass is 9.98. The van der Waals surface area contributed by atoms with Crippen LogP contribution in [0.5, 0.6) is 0 Å². The Morgan fingerprint density at radius 3 is 2.92 bits per heavy atom. The summed E-state index contributed by atoms with van der Waals surface area (Å²) in [6.07, 6.45) is 2.43. The number of carbonyl (C=O) groups excluding carboxylic acids is 1. The fourth-order valence-corrected chi connectivity index (χ4v) is 1.52. The van der Waals surface area contributed by atoms with E-state index in [0.717, 1.165) is 25.8 Å². The molecule has 5 heteroatoms. The molecule has 1 saturated heterocycles. The lowest BCUT2D eigenvalue weighted by Gasteiger charge is -2.13. The number of amides is 1. The van der Waals surface area contributed by atoms with Crippen LogP contribution in [-0.4, -0.2) is 23.8 Å². The van der Waals surface area contributed by atoms with Crippen LogP contribution in [0.15, 0.2) is 0 Å². The topological polar surface area (TPSA) is 75.3 Å². The second-order valence-electron chi connectivity index (χ2n) is 3.29. The lowest BCUT2D eigenvalue weighted by Crippen LogP contribution is -2.33. The molecule has 1 aliphatic heterocycles. The number of aliphatic hydroxyl groups excluding tert-OH is 1. The summed E-state index contributed by atoms with van der Waals surface area (Å²) < 4.78 is 0. The van der Waals surface area contributed by atoms with E-state index in [-0.39, 0.29) is 24.2 Å². The van der Waals surface area contributed by atoms with Crippen LogP contribution in [0.2, 0.25) is 0 Å². The number of aliphatic hydroxyl groups is 1. The van der Waals surface area contributed by atoms with E-state index < -0.39 is 6.23 Å². The van der Waals surface area contributed by atoms with Crippen LogP contribution in [-0.2, 0) is 4.79 Å². The molecule has 1 rings (SSSR count). The maximum Gasteiger partial charge on any atom is 0.223 e. The van der Waals surface area contributed by atoms with Gasteiger partial charge in [-0.25, -0.2) is 0 Å². The maximum atomic E-state index is 11.3. The van der Waals surface area contributed by atoms with Crippen molar-refractivity contribution in [3.05, 3.63) is 0 Å².